The lowest BCUT2D eigenvalue weighted by Crippen LogP contribution is -2.53. The zero-order valence-electron chi connectivity index (χ0n) is 13.0. The fourth-order valence-corrected chi connectivity index (χ4v) is 3.09. The lowest BCUT2D eigenvalue weighted by molar-refractivity contribution is -0.143. The summed E-state index contributed by atoms with van der Waals surface area (Å²) in [5.74, 6) is 0.0527. The van der Waals surface area contributed by atoms with Crippen molar-refractivity contribution in [2.45, 2.75) is 25.8 Å². The van der Waals surface area contributed by atoms with E-state index in [1.54, 1.807) is 0 Å². The zero-order valence-corrected chi connectivity index (χ0v) is 13.0. The second kappa shape index (κ2) is 6.48. The van der Waals surface area contributed by atoms with Gasteiger partial charge >= 0.3 is 5.97 Å². The molecule has 0 saturated carbocycles. The highest BCUT2D eigenvalue weighted by molar-refractivity contribution is 5.79. The Balaban J connectivity index is 1.51. The van der Waals surface area contributed by atoms with Crippen molar-refractivity contribution in [3.63, 3.8) is 0 Å². The fourth-order valence-electron chi connectivity index (χ4n) is 3.09. The molecule has 3 rings (SSSR count). The zero-order chi connectivity index (χ0) is 15.5. The molecule has 2 saturated heterocycles. The molecule has 0 bridgehead atoms. The smallest absolute Gasteiger partial charge is 0.323 e. The van der Waals surface area contributed by atoms with Crippen LogP contribution in [0.3, 0.4) is 0 Å². The largest absolute Gasteiger partial charge is 0.464 e. The van der Waals surface area contributed by atoms with Gasteiger partial charge in [0.1, 0.15) is 6.04 Å². The molecule has 0 aromatic heterocycles. The van der Waals surface area contributed by atoms with Gasteiger partial charge in [-0.2, -0.15) is 0 Å². The Kier molecular flexibility index (Phi) is 4.43. The number of ether oxygens (including phenoxy) is 1. The van der Waals surface area contributed by atoms with Crippen molar-refractivity contribution in [3.8, 4) is 0 Å². The van der Waals surface area contributed by atoms with E-state index in [0.29, 0.717) is 26.1 Å². The van der Waals surface area contributed by atoms with Crippen molar-refractivity contribution in [2.75, 3.05) is 32.8 Å². The van der Waals surface area contributed by atoms with Gasteiger partial charge < -0.3 is 9.64 Å². The summed E-state index contributed by atoms with van der Waals surface area (Å²) in [7, 11) is 0. The topological polar surface area (TPSA) is 49.9 Å². The van der Waals surface area contributed by atoms with Gasteiger partial charge in [-0.25, -0.2) is 0 Å². The summed E-state index contributed by atoms with van der Waals surface area (Å²) in [5.41, 5.74) is 2.26. The van der Waals surface area contributed by atoms with E-state index >= 15 is 0 Å². The molecule has 22 heavy (non-hydrogen) atoms. The molecular formula is C17H22N2O3. The highest BCUT2D eigenvalue weighted by Crippen LogP contribution is 2.16. The van der Waals surface area contributed by atoms with Crippen molar-refractivity contribution < 1.29 is 14.3 Å². The van der Waals surface area contributed by atoms with Crippen LogP contribution in [0.25, 0.3) is 0 Å². The molecule has 2 aliphatic heterocycles. The Morgan fingerprint density at radius 2 is 1.86 bits per heavy atom. The van der Waals surface area contributed by atoms with Gasteiger partial charge in [-0.3, -0.25) is 14.5 Å². The summed E-state index contributed by atoms with van der Waals surface area (Å²) in [4.78, 5) is 28.0. The molecule has 118 valence electrons. The van der Waals surface area contributed by atoms with E-state index in [0.717, 1.165) is 25.1 Å². The Bertz CT molecular complexity index is 548. The molecule has 1 aromatic rings. The van der Waals surface area contributed by atoms with Gasteiger partial charge in [0.15, 0.2) is 0 Å². The number of hydrogen-bond acceptors (Lipinski definition) is 4. The highest BCUT2D eigenvalue weighted by Gasteiger charge is 2.34. The van der Waals surface area contributed by atoms with Crippen LogP contribution in [0.5, 0.6) is 0 Å². The van der Waals surface area contributed by atoms with E-state index in [2.05, 4.69) is 4.90 Å². The predicted octanol–water partition coefficient (Wildman–Crippen LogP) is 0.997. The standard InChI is InChI=1S/C17H22N2O3/c1-13-2-4-14(5-3-13)12-16(20)19-9-7-18(8-10-19)15-6-11-22-17(15)21/h2-5,15H,6-12H2,1H3. The molecule has 1 amide bonds. The van der Waals surface area contributed by atoms with Crippen molar-refractivity contribution in [1.82, 2.24) is 9.80 Å². The highest BCUT2D eigenvalue weighted by atomic mass is 16.5. The first-order valence-electron chi connectivity index (χ1n) is 7.87. The van der Waals surface area contributed by atoms with Gasteiger partial charge in [-0.1, -0.05) is 29.8 Å². The van der Waals surface area contributed by atoms with Crippen LogP contribution in [0.1, 0.15) is 17.5 Å². The molecule has 2 fully saturated rings. The van der Waals surface area contributed by atoms with Crippen LogP contribution in [0.15, 0.2) is 24.3 Å². The van der Waals surface area contributed by atoms with Crippen LogP contribution in [-0.4, -0.2) is 60.5 Å². The number of piperazine rings is 1. The molecule has 1 unspecified atom stereocenters. The van der Waals surface area contributed by atoms with Crippen molar-refractivity contribution in [3.05, 3.63) is 35.4 Å². The minimum atomic E-state index is -0.112. The summed E-state index contributed by atoms with van der Waals surface area (Å²) in [6.45, 7) is 5.44. The predicted molar refractivity (Wildman–Crippen MR) is 82.4 cm³/mol. The third-order valence-electron chi connectivity index (χ3n) is 4.49. The van der Waals surface area contributed by atoms with Gasteiger partial charge in [0.05, 0.1) is 13.0 Å². The number of nitrogens with zero attached hydrogens (tertiary/aromatic N) is 2. The molecule has 5 nitrogen and oxygen atoms in total. The first kappa shape index (κ1) is 15.0. The minimum absolute atomic E-state index is 0.102. The normalized spacial score (nSPS) is 22.7. The maximum Gasteiger partial charge on any atom is 0.323 e. The third-order valence-corrected chi connectivity index (χ3v) is 4.49. The number of rotatable bonds is 3. The van der Waals surface area contributed by atoms with E-state index in [9.17, 15) is 9.59 Å². The maximum absolute atomic E-state index is 12.4. The molecule has 2 heterocycles. The molecule has 2 aliphatic rings. The van der Waals surface area contributed by atoms with E-state index in [-0.39, 0.29) is 17.9 Å². The second-order valence-electron chi connectivity index (χ2n) is 6.05. The number of carbonyl (C=O) groups excluding carboxylic acids is 2. The molecule has 0 spiro atoms. The summed E-state index contributed by atoms with van der Waals surface area (Å²) in [5, 5.41) is 0. The molecular weight excluding hydrogens is 280 g/mol. The maximum atomic E-state index is 12.4. The lowest BCUT2D eigenvalue weighted by atomic mass is 10.1. The Hall–Kier alpha value is -1.88. The molecule has 1 aromatic carbocycles. The number of benzene rings is 1. The molecule has 0 radical (unpaired) electrons. The van der Waals surface area contributed by atoms with Gasteiger partial charge in [-0.15, -0.1) is 0 Å². The van der Waals surface area contributed by atoms with Crippen LogP contribution in [0.4, 0.5) is 0 Å². The molecule has 0 N–H and O–H groups in total. The quantitative estimate of drug-likeness (QED) is 0.782. The summed E-state index contributed by atoms with van der Waals surface area (Å²) < 4.78 is 5.02. The van der Waals surface area contributed by atoms with E-state index in [1.807, 2.05) is 36.1 Å². The van der Waals surface area contributed by atoms with Crippen LogP contribution < -0.4 is 0 Å². The Morgan fingerprint density at radius 1 is 1.18 bits per heavy atom. The third kappa shape index (κ3) is 3.30. The second-order valence-corrected chi connectivity index (χ2v) is 6.05. The Morgan fingerprint density at radius 3 is 2.45 bits per heavy atom. The van der Waals surface area contributed by atoms with E-state index in [1.165, 1.54) is 5.56 Å². The van der Waals surface area contributed by atoms with Gasteiger partial charge in [0.25, 0.3) is 0 Å². The summed E-state index contributed by atoms with van der Waals surface area (Å²) in [6, 6.07) is 7.99. The van der Waals surface area contributed by atoms with Crippen molar-refractivity contribution in [2.24, 2.45) is 0 Å². The fraction of sp³-hybridized carbons (Fsp3) is 0.529. The number of aryl methyl sites for hydroxylation is 1. The van der Waals surface area contributed by atoms with Crippen LogP contribution in [-0.2, 0) is 20.7 Å². The van der Waals surface area contributed by atoms with Crippen molar-refractivity contribution >= 4 is 11.9 Å². The molecule has 0 aliphatic carbocycles. The SMILES string of the molecule is Cc1ccc(CC(=O)N2CCN(C3CCOC3=O)CC2)cc1. The first-order chi connectivity index (χ1) is 10.6. The summed E-state index contributed by atoms with van der Waals surface area (Å²) in [6.07, 6.45) is 1.22. The number of esters is 1. The monoisotopic (exact) mass is 302 g/mol. The number of amides is 1. The van der Waals surface area contributed by atoms with E-state index in [4.69, 9.17) is 4.74 Å². The van der Waals surface area contributed by atoms with Gasteiger partial charge in [0.2, 0.25) is 5.91 Å². The number of hydrogen-bond donors (Lipinski definition) is 0. The van der Waals surface area contributed by atoms with Gasteiger partial charge in [0, 0.05) is 32.6 Å². The minimum Gasteiger partial charge on any atom is -0.464 e. The number of cyclic esters (lactones) is 1. The average Bonchev–Trinajstić information content (AvgIpc) is 2.96. The molecule has 5 heteroatoms. The molecule has 1 atom stereocenters. The van der Waals surface area contributed by atoms with Crippen molar-refractivity contribution in [1.29, 1.82) is 0 Å². The first-order valence-corrected chi connectivity index (χ1v) is 7.87. The van der Waals surface area contributed by atoms with E-state index < -0.39 is 0 Å². The summed E-state index contributed by atoms with van der Waals surface area (Å²) >= 11 is 0. The number of carbonyl (C=O) groups is 2. The average molecular weight is 302 g/mol. The Labute approximate surface area is 130 Å². The van der Waals surface area contributed by atoms with Gasteiger partial charge in [-0.05, 0) is 12.5 Å². The van der Waals surface area contributed by atoms with Crippen LogP contribution in [0, 0.1) is 6.92 Å². The van der Waals surface area contributed by atoms with Crippen LogP contribution in [0.2, 0.25) is 0 Å². The van der Waals surface area contributed by atoms with Crippen LogP contribution >= 0.6 is 0 Å². The lowest BCUT2D eigenvalue weighted by Gasteiger charge is -2.36.